The zero-order valence-electron chi connectivity index (χ0n) is 26.0. The van der Waals surface area contributed by atoms with Gasteiger partial charge in [0.25, 0.3) is 10.0 Å². The molecule has 0 unspecified atom stereocenters. The van der Waals surface area contributed by atoms with Crippen molar-refractivity contribution >= 4 is 50.7 Å². The summed E-state index contributed by atoms with van der Waals surface area (Å²) in [6.45, 7) is 5.67. The molecule has 0 bridgehead atoms. The molecular formula is C32H39Cl2N3O7S. The van der Waals surface area contributed by atoms with E-state index in [0.29, 0.717) is 35.2 Å². The molecule has 13 heteroatoms. The summed E-state index contributed by atoms with van der Waals surface area (Å²) in [7, 11) is -1.50. The number of anilines is 1. The highest BCUT2D eigenvalue weighted by Gasteiger charge is 2.33. The minimum atomic E-state index is -4.34. The van der Waals surface area contributed by atoms with Crippen LogP contribution in [-0.2, 0) is 26.2 Å². The summed E-state index contributed by atoms with van der Waals surface area (Å²) in [5, 5.41) is 3.48. The molecule has 1 atom stereocenters. The first-order valence-corrected chi connectivity index (χ1v) is 16.6. The predicted molar refractivity (Wildman–Crippen MR) is 176 cm³/mol. The van der Waals surface area contributed by atoms with Crippen LogP contribution in [0.5, 0.6) is 17.2 Å². The molecule has 0 radical (unpaired) electrons. The summed E-state index contributed by atoms with van der Waals surface area (Å²) < 4.78 is 45.5. The van der Waals surface area contributed by atoms with Crippen LogP contribution in [0.3, 0.4) is 0 Å². The highest BCUT2D eigenvalue weighted by molar-refractivity contribution is 7.92. The SMILES string of the molecule is CCCCNC(=O)[C@H](C)N(Cc1ccc(Cl)c(Cl)c1)C(=O)CN(c1ccc(OCC)cc1)S(=O)(=O)c1ccc(OC)c(OC)c1. The number of hydrogen-bond acceptors (Lipinski definition) is 7. The van der Waals surface area contributed by atoms with Gasteiger partial charge in [-0.25, -0.2) is 8.42 Å². The van der Waals surface area contributed by atoms with E-state index in [9.17, 15) is 18.0 Å². The summed E-state index contributed by atoms with van der Waals surface area (Å²) in [6, 6.07) is 14.5. The lowest BCUT2D eigenvalue weighted by molar-refractivity contribution is -0.139. The van der Waals surface area contributed by atoms with Gasteiger partial charge < -0.3 is 24.4 Å². The third kappa shape index (κ3) is 9.18. The Hall–Kier alpha value is -3.67. The number of carbonyl (C=O) groups is 2. The molecule has 0 fully saturated rings. The predicted octanol–water partition coefficient (Wildman–Crippen LogP) is 5.94. The van der Waals surface area contributed by atoms with Crippen molar-refractivity contribution in [2.24, 2.45) is 0 Å². The largest absolute Gasteiger partial charge is 0.494 e. The molecule has 0 aliphatic rings. The van der Waals surface area contributed by atoms with Crippen molar-refractivity contribution in [2.75, 3.05) is 38.2 Å². The number of sulfonamides is 1. The van der Waals surface area contributed by atoms with Crippen molar-refractivity contribution in [3.05, 3.63) is 76.3 Å². The molecule has 0 saturated heterocycles. The highest BCUT2D eigenvalue weighted by atomic mass is 35.5. The number of rotatable bonds is 16. The van der Waals surface area contributed by atoms with Crippen molar-refractivity contribution in [3.63, 3.8) is 0 Å². The second-order valence-electron chi connectivity index (χ2n) is 10.0. The Balaban J connectivity index is 2.07. The fourth-order valence-electron chi connectivity index (χ4n) is 4.46. The maximum atomic E-state index is 14.2. The normalized spacial score (nSPS) is 11.8. The van der Waals surface area contributed by atoms with Gasteiger partial charge in [-0.3, -0.25) is 13.9 Å². The second kappa shape index (κ2) is 16.6. The van der Waals surface area contributed by atoms with Crippen LogP contribution in [0.25, 0.3) is 0 Å². The van der Waals surface area contributed by atoms with E-state index in [1.807, 2.05) is 13.8 Å². The molecular weight excluding hydrogens is 641 g/mol. The minimum Gasteiger partial charge on any atom is -0.494 e. The Labute approximate surface area is 275 Å². The summed E-state index contributed by atoms with van der Waals surface area (Å²) in [5.41, 5.74) is 0.831. The van der Waals surface area contributed by atoms with E-state index in [2.05, 4.69) is 5.32 Å². The van der Waals surface area contributed by atoms with Gasteiger partial charge >= 0.3 is 0 Å². The van der Waals surface area contributed by atoms with Crippen LogP contribution < -0.4 is 23.8 Å². The summed E-state index contributed by atoms with van der Waals surface area (Å²) in [4.78, 5) is 28.5. The van der Waals surface area contributed by atoms with Gasteiger partial charge in [-0.05, 0) is 74.4 Å². The van der Waals surface area contributed by atoms with Gasteiger partial charge in [0.2, 0.25) is 11.8 Å². The number of unbranched alkanes of at least 4 members (excludes halogenated alkanes) is 1. The smallest absolute Gasteiger partial charge is 0.264 e. The van der Waals surface area contributed by atoms with E-state index < -0.39 is 28.5 Å². The van der Waals surface area contributed by atoms with E-state index in [1.54, 1.807) is 49.4 Å². The molecule has 1 N–H and O–H groups in total. The molecule has 3 aromatic rings. The van der Waals surface area contributed by atoms with Gasteiger partial charge in [0.1, 0.15) is 18.3 Å². The Morgan fingerprint density at radius 3 is 2.20 bits per heavy atom. The Bertz CT molecular complexity index is 1570. The quantitative estimate of drug-likeness (QED) is 0.186. The van der Waals surface area contributed by atoms with Crippen LogP contribution in [0.2, 0.25) is 10.0 Å². The summed E-state index contributed by atoms with van der Waals surface area (Å²) in [5.74, 6) is 0.102. The summed E-state index contributed by atoms with van der Waals surface area (Å²) >= 11 is 12.3. The number of amides is 2. The lowest BCUT2D eigenvalue weighted by Crippen LogP contribution is -2.51. The monoisotopic (exact) mass is 679 g/mol. The number of halogens is 2. The van der Waals surface area contributed by atoms with Crippen molar-refractivity contribution in [3.8, 4) is 17.2 Å². The number of ether oxygens (including phenoxy) is 3. The second-order valence-corrected chi connectivity index (χ2v) is 12.7. The van der Waals surface area contributed by atoms with Crippen LogP contribution in [0.1, 0.15) is 39.2 Å². The molecule has 45 heavy (non-hydrogen) atoms. The zero-order chi connectivity index (χ0) is 33.1. The van der Waals surface area contributed by atoms with Crippen LogP contribution in [0, 0.1) is 0 Å². The fourth-order valence-corrected chi connectivity index (χ4v) is 6.21. The molecule has 3 aromatic carbocycles. The Morgan fingerprint density at radius 2 is 1.60 bits per heavy atom. The van der Waals surface area contributed by atoms with E-state index in [4.69, 9.17) is 37.4 Å². The maximum absolute atomic E-state index is 14.2. The number of hydrogen-bond donors (Lipinski definition) is 1. The van der Waals surface area contributed by atoms with Gasteiger partial charge in [-0.2, -0.15) is 0 Å². The van der Waals surface area contributed by atoms with E-state index in [0.717, 1.165) is 17.1 Å². The zero-order valence-corrected chi connectivity index (χ0v) is 28.3. The Morgan fingerprint density at radius 1 is 0.911 bits per heavy atom. The minimum absolute atomic E-state index is 0.0222. The first kappa shape index (κ1) is 35.8. The first-order chi connectivity index (χ1) is 21.5. The first-order valence-electron chi connectivity index (χ1n) is 14.4. The standard InChI is InChI=1S/C32H39Cl2N3O7S/c1-6-8-17-35-32(39)22(3)36(20-23-9-15-27(33)28(34)18-23)31(38)21-37(24-10-12-25(13-11-24)44-7-2)45(40,41)26-14-16-29(42-4)30(19-26)43-5/h9-16,18-19,22H,6-8,17,20-21H2,1-5H3,(H,35,39)/t22-/m0/s1. The van der Waals surface area contributed by atoms with E-state index >= 15 is 0 Å². The molecule has 0 aliphatic carbocycles. The number of benzene rings is 3. The van der Waals surface area contributed by atoms with Crippen LogP contribution in [-0.4, -0.2) is 65.1 Å². The van der Waals surface area contributed by atoms with Crippen molar-refractivity contribution in [1.29, 1.82) is 0 Å². The molecule has 0 heterocycles. The topological polar surface area (TPSA) is 114 Å². The molecule has 0 saturated carbocycles. The van der Waals surface area contributed by atoms with Crippen molar-refractivity contribution < 1.29 is 32.2 Å². The maximum Gasteiger partial charge on any atom is 0.264 e. The van der Waals surface area contributed by atoms with E-state index in [1.165, 1.54) is 37.3 Å². The number of methoxy groups -OCH3 is 2. The molecule has 2 amide bonds. The average Bonchev–Trinajstić information content (AvgIpc) is 3.03. The lowest BCUT2D eigenvalue weighted by atomic mass is 10.1. The number of nitrogens with one attached hydrogen (secondary N) is 1. The van der Waals surface area contributed by atoms with Crippen molar-refractivity contribution in [1.82, 2.24) is 10.2 Å². The van der Waals surface area contributed by atoms with Gasteiger partial charge in [-0.1, -0.05) is 42.6 Å². The van der Waals surface area contributed by atoms with Crippen LogP contribution in [0.4, 0.5) is 5.69 Å². The lowest BCUT2D eigenvalue weighted by Gasteiger charge is -2.32. The number of nitrogens with zero attached hydrogens (tertiary/aromatic N) is 2. The highest BCUT2D eigenvalue weighted by Crippen LogP contribution is 2.33. The Kier molecular flexibility index (Phi) is 13.2. The van der Waals surface area contributed by atoms with Gasteiger partial charge in [0.05, 0.1) is 41.5 Å². The van der Waals surface area contributed by atoms with Gasteiger partial charge in [0, 0.05) is 19.2 Å². The van der Waals surface area contributed by atoms with Gasteiger partial charge in [0.15, 0.2) is 11.5 Å². The van der Waals surface area contributed by atoms with Crippen LogP contribution in [0.15, 0.2) is 65.6 Å². The van der Waals surface area contributed by atoms with E-state index in [-0.39, 0.29) is 33.8 Å². The third-order valence-electron chi connectivity index (χ3n) is 6.99. The average molecular weight is 681 g/mol. The van der Waals surface area contributed by atoms with Crippen LogP contribution >= 0.6 is 23.2 Å². The molecule has 0 spiro atoms. The number of carbonyl (C=O) groups excluding carboxylic acids is 2. The molecule has 244 valence electrons. The molecule has 10 nitrogen and oxygen atoms in total. The molecule has 3 rings (SSSR count). The third-order valence-corrected chi connectivity index (χ3v) is 9.50. The molecule has 0 aliphatic heterocycles. The van der Waals surface area contributed by atoms with Crippen molar-refractivity contribution in [2.45, 2.75) is 51.1 Å². The molecule has 0 aromatic heterocycles. The summed E-state index contributed by atoms with van der Waals surface area (Å²) in [6.07, 6.45) is 1.65. The fraction of sp³-hybridized carbons (Fsp3) is 0.375. The van der Waals surface area contributed by atoms with Gasteiger partial charge in [-0.15, -0.1) is 0 Å².